The number of anilines is 1. The molecule has 10 nitrogen and oxygen atoms in total. The van der Waals surface area contributed by atoms with Crippen LogP contribution in [0.4, 0.5) is 5.82 Å². The van der Waals surface area contributed by atoms with Crippen LogP contribution in [0.5, 0.6) is 0 Å². The van der Waals surface area contributed by atoms with E-state index in [2.05, 4.69) is 54.2 Å². The number of aliphatic hydroxyl groups is 2. The van der Waals surface area contributed by atoms with E-state index in [1.54, 1.807) is 0 Å². The average Bonchev–Trinajstić information content (AvgIpc) is 3.28. The molecule has 3 heterocycles. The second kappa shape index (κ2) is 8.18. The molecule has 1 aromatic carbocycles. The van der Waals surface area contributed by atoms with Gasteiger partial charge in [0.25, 0.3) is 5.91 Å². The lowest BCUT2D eigenvalue weighted by molar-refractivity contribution is -0.137. The number of ether oxygens (including phenoxy) is 1. The molecule has 0 aliphatic carbocycles. The molecule has 3 aromatic rings. The Morgan fingerprint density at radius 1 is 1.28 bits per heavy atom. The quantitative estimate of drug-likeness (QED) is 0.363. The first-order chi connectivity index (χ1) is 14.0. The molecule has 2 aromatic heterocycles. The zero-order valence-corrected chi connectivity index (χ0v) is 17.5. The molecule has 1 fully saturated rings. The van der Waals surface area contributed by atoms with Crippen LogP contribution in [-0.2, 0) is 16.1 Å². The van der Waals surface area contributed by atoms with Crippen molar-refractivity contribution in [2.24, 2.45) is 0 Å². The number of imidazole rings is 1. The van der Waals surface area contributed by atoms with Crippen molar-refractivity contribution in [2.75, 3.05) is 12.4 Å². The Morgan fingerprint density at radius 3 is 2.86 bits per heavy atom. The third-order valence-corrected chi connectivity index (χ3v) is 5.40. The zero-order valence-electron chi connectivity index (χ0n) is 15.4. The number of hydrogen-bond donors (Lipinski definition) is 4. The summed E-state index contributed by atoms with van der Waals surface area (Å²) in [6.45, 7) is 0.551. The van der Waals surface area contributed by atoms with Gasteiger partial charge in [-0.2, -0.15) is 0 Å². The van der Waals surface area contributed by atoms with Gasteiger partial charge in [-0.3, -0.25) is 9.36 Å². The molecular formula is C18H19IN6O4. The molecule has 1 amide bonds. The number of aromatic nitrogens is 4. The summed E-state index contributed by atoms with van der Waals surface area (Å²) in [6, 6.07) is 8.07. The van der Waals surface area contributed by atoms with Gasteiger partial charge < -0.3 is 25.6 Å². The molecule has 29 heavy (non-hydrogen) atoms. The molecule has 0 spiro atoms. The SMILES string of the molecule is CNC(=O)[C@H]1O[C@@H](n2cnc3c(NCc4cccc(I)c4)ncnc32)C(O)C1O. The van der Waals surface area contributed by atoms with Crippen LogP contribution in [0.15, 0.2) is 36.9 Å². The van der Waals surface area contributed by atoms with Crippen molar-refractivity contribution in [3.8, 4) is 0 Å². The number of likely N-dealkylation sites (N-methyl/N-ethyl adjacent to an activating group) is 1. The van der Waals surface area contributed by atoms with Gasteiger partial charge in [-0.25, -0.2) is 15.0 Å². The fourth-order valence-electron chi connectivity index (χ4n) is 3.25. The fourth-order valence-corrected chi connectivity index (χ4v) is 3.86. The fraction of sp³-hybridized carbons (Fsp3) is 0.333. The first kappa shape index (κ1) is 19.9. The Hall–Kier alpha value is -2.35. The van der Waals surface area contributed by atoms with Crippen molar-refractivity contribution >= 4 is 45.5 Å². The first-order valence-electron chi connectivity index (χ1n) is 8.88. The number of nitrogens with zero attached hydrogens (tertiary/aromatic N) is 4. The van der Waals surface area contributed by atoms with E-state index in [9.17, 15) is 15.0 Å². The Balaban J connectivity index is 1.60. The van der Waals surface area contributed by atoms with E-state index in [0.717, 1.165) is 9.13 Å². The van der Waals surface area contributed by atoms with Crippen molar-refractivity contribution < 1.29 is 19.7 Å². The Labute approximate surface area is 179 Å². The third kappa shape index (κ3) is 3.77. The van der Waals surface area contributed by atoms with Gasteiger partial charge in [0.05, 0.1) is 6.33 Å². The van der Waals surface area contributed by atoms with Crippen LogP contribution in [0, 0.1) is 3.57 Å². The van der Waals surface area contributed by atoms with E-state index in [0.29, 0.717) is 23.5 Å². The zero-order chi connectivity index (χ0) is 20.5. The minimum atomic E-state index is -1.36. The summed E-state index contributed by atoms with van der Waals surface area (Å²) in [5.41, 5.74) is 2.00. The Bertz CT molecular complexity index is 1040. The number of rotatable bonds is 5. The molecule has 0 saturated carbocycles. The van der Waals surface area contributed by atoms with Crippen molar-refractivity contribution in [3.05, 3.63) is 46.1 Å². The summed E-state index contributed by atoms with van der Waals surface area (Å²) >= 11 is 2.26. The number of nitrogens with one attached hydrogen (secondary N) is 2. The number of fused-ring (bicyclic) bond motifs is 1. The van der Waals surface area contributed by atoms with Gasteiger partial charge >= 0.3 is 0 Å². The van der Waals surface area contributed by atoms with Crippen LogP contribution in [0.25, 0.3) is 11.2 Å². The van der Waals surface area contributed by atoms with Crippen molar-refractivity contribution in [1.29, 1.82) is 0 Å². The summed E-state index contributed by atoms with van der Waals surface area (Å²) < 4.78 is 8.23. The standard InChI is InChI=1S/C18H19IN6O4/c1-20-17(28)14-12(26)13(27)18(29-14)25-8-24-11-15(22-7-23-16(11)25)21-6-9-3-2-4-10(19)5-9/h2-5,7-8,12-14,18,26-27H,6H2,1H3,(H,20,28)(H,21,22,23)/t12?,13?,14-,18+/m0/s1. The average molecular weight is 510 g/mol. The molecule has 11 heteroatoms. The second-order valence-corrected chi connectivity index (χ2v) is 7.82. The predicted octanol–water partition coefficient (Wildman–Crippen LogP) is 0.408. The minimum Gasteiger partial charge on any atom is -0.387 e. The van der Waals surface area contributed by atoms with Gasteiger partial charge in [-0.05, 0) is 40.3 Å². The van der Waals surface area contributed by atoms with E-state index < -0.39 is 30.4 Å². The van der Waals surface area contributed by atoms with Gasteiger partial charge in [-0.1, -0.05) is 12.1 Å². The van der Waals surface area contributed by atoms with E-state index >= 15 is 0 Å². The molecule has 1 saturated heterocycles. The number of amides is 1. The lowest BCUT2D eigenvalue weighted by Gasteiger charge is -2.16. The highest BCUT2D eigenvalue weighted by Crippen LogP contribution is 2.32. The van der Waals surface area contributed by atoms with Crippen LogP contribution in [0.1, 0.15) is 11.8 Å². The Morgan fingerprint density at radius 2 is 2.10 bits per heavy atom. The largest absolute Gasteiger partial charge is 0.387 e. The van der Waals surface area contributed by atoms with E-state index in [1.165, 1.54) is 24.3 Å². The lowest BCUT2D eigenvalue weighted by atomic mass is 10.1. The molecule has 0 bridgehead atoms. The summed E-state index contributed by atoms with van der Waals surface area (Å²) in [5.74, 6) is 0.0152. The normalized spacial score (nSPS) is 24.0. The maximum Gasteiger partial charge on any atom is 0.251 e. The molecule has 0 radical (unpaired) electrons. The maximum absolute atomic E-state index is 11.9. The number of carbonyl (C=O) groups is 1. The summed E-state index contributed by atoms with van der Waals surface area (Å²) in [5, 5.41) is 26.2. The second-order valence-electron chi connectivity index (χ2n) is 6.57. The number of benzene rings is 1. The number of carbonyl (C=O) groups excluding carboxylic acids is 1. The van der Waals surface area contributed by atoms with Crippen LogP contribution < -0.4 is 10.6 Å². The molecule has 1 aliphatic heterocycles. The van der Waals surface area contributed by atoms with Gasteiger partial charge in [0, 0.05) is 17.2 Å². The Kier molecular flexibility index (Phi) is 5.63. The van der Waals surface area contributed by atoms with Gasteiger partial charge in [0.1, 0.15) is 18.5 Å². The van der Waals surface area contributed by atoms with Crippen molar-refractivity contribution in [1.82, 2.24) is 24.8 Å². The van der Waals surface area contributed by atoms with Crippen molar-refractivity contribution in [3.63, 3.8) is 0 Å². The van der Waals surface area contributed by atoms with Gasteiger partial charge in [0.15, 0.2) is 29.3 Å². The number of hydrogen-bond acceptors (Lipinski definition) is 8. The highest BCUT2D eigenvalue weighted by Gasteiger charge is 2.47. The molecule has 2 unspecified atom stereocenters. The van der Waals surface area contributed by atoms with Gasteiger partial charge in [-0.15, -0.1) is 0 Å². The summed E-state index contributed by atoms with van der Waals surface area (Å²) in [6.07, 6.45) is -2.04. The third-order valence-electron chi connectivity index (χ3n) is 4.73. The van der Waals surface area contributed by atoms with Crippen LogP contribution in [-0.4, -0.2) is 61.0 Å². The topological polar surface area (TPSA) is 134 Å². The molecule has 4 N–H and O–H groups in total. The van der Waals surface area contributed by atoms with Crippen LogP contribution >= 0.6 is 22.6 Å². The van der Waals surface area contributed by atoms with Gasteiger partial charge in [0.2, 0.25) is 0 Å². The monoisotopic (exact) mass is 510 g/mol. The molecule has 4 rings (SSSR count). The highest BCUT2D eigenvalue weighted by atomic mass is 127. The first-order valence-corrected chi connectivity index (χ1v) is 9.96. The van der Waals surface area contributed by atoms with Crippen LogP contribution in [0.2, 0.25) is 0 Å². The summed E-state index contributed by atoms with van der Waals surface area (Å²) in [7, 11) is 1.43. The van der Waals surface area contributed by atoms with E-state index in [-0.39, 0.29) is 0 Å². The van der Waals surface area contributed by atoms with E-state index in [4.69, 9.17) is 4.74 Å². The molecule has 152 valence electrons. The lowest BCUT2D eigenvalue weighted by Crippen LogP contribution is -2.41. The molecule has 4 atom stereocenters. The maximum atomic E-state index is 11.9. The predicted molar refractivity (Wildman–Crippen MR) is 112 cm³/mol. The summed E-state index contributed by atoms with van der Waals surface area (Å²) in [4.78, 5) is 24.7. The van der Waals surface area contributed by atoms with E-state index in [1.807, 2.05) is 18.2 Å². The van der Waals surface area contributed by atoms with Crippen molar-refractivity contribution in [2.45, 2.75) is 31.1 Å². The number of aliphatic hydroxyl groups excluding tert-OH is 2. The molecular weight excluding hydrogens is 491 g/mol. The van der Waals surface area contributed by atoms with Crippen LogP contribution in [0.3, 0.4) is 0 Å². The number of halogens is 1. The molecule has 1 aliphatic rings. The smallest absolute Gasteiger partial charge is 0.251 e. The minimum absolute atomic E-state index is 0.416. The highest BCUT2D eigenvalue weighted by molar-refractivity contribution is 14.1.